The van der Waals surface area contributed by atoms with Crippen LogP contribution in [0.5, 0.6) is 0 Å². The molecular formula is C12H19N3O3. The van der Waals surface area contributed by atoms with Gasteiger partial charge in [0.15, 0.2) is 5.69 Å². The smallest absolute Gasteiger partial charge is 0.356 e. The number of likely N-dealkylation sites (N-methyl/N-ethyl adjacent to an activating group) is 1. The lowest BCUT2D eigenvalue weighted by atomic mass is 10.3. The third-order valence-corrected chi connectivity index (χ3v) is 2.50. The Kier molecular flexibility index (Phi) is 6.10. The van der Waals surface area contributed by atoms with E-state index in [1.165, 1.54) is 6.20 Å². The van der Waals surface area contributed by atoms with Crippen LogP contribution in [0.25, 0.3) is 0 Å². The fourth-order valence-electron chi connectivity index (χ4n) is 1.46. The van der Waals surface area contributed by atoms with Crippen LogP contribution in [-0.4, -0.2) is 61.4 Å². The second-order valence-corrected chi connectivity index (χ2v) is 3.93. The highest BCUT2D eigenvalue weighted by Gasteiger charge is 2.10. The van der Waals surface area contributed by atoms with Gasteiger partial charge in [-0.1, -0.05) is 0 Å². The Bertz CT molecular complexity index is 385. The molecule has 0 aliphatic rings. The number of carboxylic acids is 1. The van der Waals surface area contributed by atoms with Gasteiger partial charge in [-0.3, -0.25) is 0 Å². The molecule has 0 aromatic carbocycles. The first-order valence-electron chi connectivity index (χ1n) is 5.75. The van der Waals surface area contributed by atoms with E-state index in [-0.39, 0.29) is 5.69 Å². The summed E-state index contributed by atoms with van der Waals surface area (Å²) < 4.78 is 4.98. The van der Waals surface area contributed by atoms with Gasteiger partial charge >= 0.3 is 5.97 Å². The zero-order valence-electron chi connectivity index (χ0n) is 10.7. The van der Waals surface area contributed by atoms with Gasteiger partial charge in [-0.05, 0) is 19.2 Å². The first-order chi connectivity index (χ1) is 8.65. The van der Waals surface area contributed by atoms with Gasteiger partial charge in [0.2, 0.25) is 0 Å². The zero-order valence-corrected chi connectivity index (χ0v) is 10.7. The van der Waals surface area contributed by atoms with Crippen LogP contribution in [0.4, 0.5) is 5.69 Å². The Labute approximate surface area is 107 Å². The lowest BCUT2D eigenvalue weighted by Gasteiger charge is -2.17. The van der Waals surface area contributed by atoms with Crippen molar-refractivity contribution < 1.29 is 14.6 Å². The van der Waals surface area contributed by atoms with E-state index in [0.29, 0.717) is 18.8 Å². The molecule has 100 valence electrons. The highest BCUT2D eigenvalue weighted by atomic mass is 16.5. The van der Waals surface area contributed by atoms with Crippen molar-refractivity contribution in [2.24, 2.45) is 0 Å². The fourth-order valence-corrected chi connectivity index (χ4v) is 1.46. The van der Waals surface area contributed by atoms with E-state index in [1.54, 1.807) is 19.2 Å². The van der Waals surface area contributed by atoms with Gasteiger partial charge in [-0.2, -0.15) is 0 Å². The number of hydrogen-bond donors (Lipinski definition) is 2. The molecule has 6 heteroatoms. The number of aromatic carboxylic acids is 1. The summed E-state index contributed by atoms with van der Waals surface area (Å²) in [5.74, 6) is -1.02. The van der Waals surface area contributed by atoms with Crippen molar-refractivity contribution in [3.8, 4) is 0 Å². The molecule has 0 aliphatic carbocycles. The summed E-state index contributed by atoms with van der Waals surface area (Å²) in [5.41, 5.74) is 0.599. The van der Waals surface area contributed by atoms with Crippen molar-refractivity contribution in [3.05, 3.63) is 24.0 Å². The number of pyridine rings is 1. The number of ether oxygens (including phenoxy) is 1. The predicted molar refractivity (Wildman–Crippen MR) is 69.1 cm³/mol. The third kappa shape index (κ3) is 4.68. The van der Waals surface area contributed by atoms with E-state index in [1.807, 2.05) is 7.05 Å². The Morgan fingerprint density at radius 1 is 1.56 bits per heavy atom. The lowest BCUT2D eigenvalue weighted by Crippen LogP contribution is -2.28. The Hall–Kier alpha value is -1.66. The first kappa shape index (κ1) is 14.4. The lowest BCUT2D eigenvalue weighted by molar-refractivity contribution is 0.0691. The van der Waals surface area contributed by atoms with Crippen molar-refractivity contribution in [3.63, 3.8) is 0 Å². The third-order valence-electron chi connectivity index (χ3n) is 2.50. The standard InChI is InChI=1S/C12H19N3O3/c1-15(8-9-18-2)7-6-13-10-4-3-5-14-11(10)12(16)17/h3-5,13H,6-9H2,1-2H3,(H,16,17). The van der Waals surface area contributed by atoms with Crippen molar-refractivity contribution in [2.45, 2.75) is 0 Å². The number of anilines is 1. The molecule has 0 aliphatic heterocycles. The van der Waals surface area contributed by atoms with E-state index in [9.17, 15) is 4.79 Å². The summed E-state index contributed by atoms with van der Waals surface area (Å²) in [6.07, 6.45) is 1.47. The molecule has 1 heterocycles. The number of carbonyl (C=O) groups is 1. The Morgan fingerprint density at radius 3 is 3.00 bits per heavy atom. The normalized spacial score (nSPS) is 10.6. The summed E-state index contributed by atoms with van der Waals surface area (Å²) in [4.78, 5) is 16.9. The molecule has 1 aromatic rings. The van der Waals surface area contributed by atoms with Gasteiger partial charge in [0.25, 0.3) is 0 Å². The number of hydrogen-bond acceptors (Lipinski definition) is 5. The molecule has 0 atom stereocenters. The van der Waals surface area contributed by atoms with Gasteiger partial charge in [0.05, 0.1) is 12.3 Å². The van der Waals surface area contributed by atoms with Gasteiger partial charge in [0.1, 0.15) is 0 Å². The Morgan fingerprint density at radius 2 is 2.33 bits per heavy atom. The maximum atomic E-state index is 10.9. The second-order valence-electron chi connectivity index (χ2n) is 3.93. The SMILES string of the molecule is COCCN(C)CCNc1cccnc1C(=O)O. The molecule has 0 fully saturated rings. The average Bonchev–Trinajstić information content (AvgIpc) is 2.36. The summed E-state index contributed by atoms with van der Waals surface area (Å²) in [7, 11) is 3.66. The van der Waals surface area contributed by atoms with E-state index in [4.69, 9.17) is 9.84 Å². The number of carboxylic acid groups (broad SMARTS) is 1. The average molecular weight is 253 g/mol. The van der Waals surface area contributed by atoms with Crippen LogP contribution in [0.3, 0.4) is 0 Å². The maximum absolute atomic E-state index is 10.9. The minimum atomic E-state index is -1.02. The Balaban J connectivity index is 2.41. The van der Waals surface area contributed by atoms with Gasteiger partial charge in [-0.25, -0.2) is 9.78 Å². The fraction of sp³-hybridized carbons (Fsp3) is 0.500. The topological polar surface area (TPSA) is 74.7 Å². The molecule has 0 amide bonds. The first-order valence-corrected chi connectivity index (χ1v) is 5.75. The minimum Gasteiger partial charge on any atom is -0.476 e. The molecule has 0 unspecified atom stereocenters. The van der Waals surface area contributed by atoms with Crippen LogP contribution in [0.15, 0.2) is 18.3 Å². The van der Waals surface area contributed by atoms with E-state index >= 15 is 0 Å². The summed E-state index contributed by atoms with van der Waals surface area (Å²) in [6, 6.07) is 3.43. The molecule has 0 bridgehead atoms. The molecule has 0 spiro atoms. The van der Waals surface area contributed by atoms with Crippen LogP contribution in [0.1, 0.15) is 10.5 Å². The van der Waals surface area contributed by atoms with E-state index in [2.05, 4.69) is 15.2 Å². The van der Waals surface area contributed by atoms with Crippen LogP contribution < -0.4 is 5.32 Å². The zero-order chi connectivity index (χ0) is 13.4. The maximum Gasteiger partial charge on any atom is 0.356 e. The van der Waals surface area contributed by atoms with Crippen molar-refractivity contribution >= 4 is 11.7 Å². The van der Waals surface area contributed by atoms with Crippen LogP contribution in [0.2, 0.25) is 0 Å². The number of aromatic nitrogens is 1. The predicted octanol–water partition coefficient (Wildman–Crippen LogP) is 0.770. The molecule has 18 heavy (non-hydrogen) atoms. The van der Waals surface area contributed by atoms with Gasteiger partial charge in [-0.15, -0.1) is 0 Å². The molecule has 0 saturated heterocycles. The molecule has 0 radical (unpaired) electrons. The summed E-state index contributed by atoms with van der Waals surface area (Å²) in [6.45, 7) is 2.99. The van der Waals surface area contributed by atoms with Crippen molar-refractivity contribution in [2.75, 3.05) is 45.7 Å². The van der Waals surface area contributed by atoms with Crippen LogP contribution in [0, 0.1) is 0 Å². The van der Waals surface area contributed by atoms with Gasteiger partial charge in [0, 0.05) is 32.9 Å². The molecule has 1 rings (SSSR count). The van der Waals surface area contributed by atoms with E-state index in [0.717, 1.165) is 13.1 Å². The number of rotatable bonds is 8. The van der Waals surface area contributed by atoms with Gasteiger partial charge < -0.3 is 20.1 Å². The van der Waals surface area contributed by atoms with Crippen molar-refractivity contribution in [1.82, 2.24) is 9.88 Å². The molecule has 0 saturated carbocycles. The second kappa shape index (κ2) is 7.62. The molecule has 1 aromatic heterocycles. The largest absolute Gasteiger partial charge is 0.476 e. The minimum absolute atomic E-state index is 0.0528. The summed E-state index contributed by atoms with van der Waals surface area (Å²) >= 11 is 0. The number of nitrogens with zero attached hydrogens (tertiary/aromatic N) is 2. The summed E-state index contributed by atoms with van der Waals surface area (Å²) in [5, 5.41) is 12.0. The highest BCUT2D eigenvalue weighted by molar-refractivity contribution is 5.91. The van der Waals surface area contributed by atoms with E-state index < -0.39 is 5.97 Å². The van der Waals surface area contributed by atoms with Crippen molar-refractivity contribution in [1.29, 1.82) is 0 Å². The monoisotopic (exact) mass is 253 g/mol. The highest BCUT2D eigenvalue weighted by Crippen LogP contribution is 2.11. The molecular weight excluding hydrogens is 234 g/mol. The molecule has 2 N–H and O–H groups in total. The van der Waals surface area contributed by atoms with Crippen LogP contribution in [-0.2, 0) is 4.74 Å². The number of methoxy groups -OCH3 is 1. The quantitative estimate of drug-likeness (QED) is 0.713. The van der Waals surface area contributed by atoms with Crippen LogP contribution >= 0.6 is 0 Å². The number of nitrogens with one attached hydrogen (secondary N) is 1. The molecule has 6 nitrogen and oxygen atoms in total.